The second kappa shape index (κ2) is 7.93. The first-order valence-corrected chi connectivity index (χ1v) is 10.4. The summed E-state index contributed by atoms with van der Waals surface area (Å²) in [5.41, 5.74) is -0.899. The Balaban J connectivity index is 1.55. The molecule has 0 bridgehead atoms. The van der Waals surface area contributed by atoms with E-state index in [1.165, 1.54) is 24.3 Å². The number of ketones is 2. The van der Waals surface area contributed by atoms with Gasteiger partial charge in [-0.05, 0) is 18.2 Å². The van der Waals surface area contributed by atoms with Crippen molar-refractivity contribution in [1.82, 2.24) is 0 Å². The largest absolute Gasteiger partial charge is 0.508 e. The lowest BCUT2D eigenvalue weighted by Crippen LogP contribution is -2.23. The number of rotatable bonds is 3. The van der Waals surface area contributed by atoms with E-state index in [4.69, 9.17) is 20.8 Å². The molecule has 0 saturated heterocycles. The van der Waals surface area contributed by atoms with E-state index in [1.807, 2.05) is 0 Å². The Morgan fingerprint density at radius 1 is 0.800 bits per heavy atom. The van der Waals surface area contributed by atoms with Gasteiger partial charge in [-0.25, -0.2) is 0 Å². The van der Waals surface area contributed by atoms with E-state index in [0.717, 1.165) is 18.2 Å². The third-order valence-corrected chi connectivity index (χ3v) is 5.73. The number of phenols is 3. The highest BCUT2D eigenvalue weighted by Gasteiger charge is 2.33. The molecular weight excluding hydrogens is 480 g/mol. The van der Waals surface area contributed by atoms with Crippen molar-refractivity contribution in [2.24, 2.45) is 0 Å². The van der Waals surface area contributed by atoms with Gasteiger partial charge in [0.15, 0.2) is 23.0 Å². The van der Waals surface area contributed by atoms with Gasteiger partial charge in [-0.15, -0.1) is 0 Å². The average Bonchev–Trinajstić information content (AvgIpc) is 2.83. The number of Topliss-reactive ketones (excluding diaryl/α,β-unsaturated/α-hetero) is 2. The van der Waals surface area contributed by atoms with Crippen LogP contribution in [0, 0.1) is 0 Å². The minimum absolute atomic E-state index is 0.0330. The van der Waals surface area contributed by atoms with Crippen molar-refractivity contribution in [1.29, 1.82) is 0 Å². The third kappa shape index (κ3) is 3.46. The molecule has 1 aliphatic carbocycles. The fourth-order valence-electron chi connectivity index (χ4n) is 3.74. The van der Waals surface area contributed by atoms with Crippen LogP contribution in [0.1, 0.15) is 20.7 Å². The molecule has 0 saturated carbocycles. The van der Waals surface area contributed by atoms with Crippen LogP contribution in [0.3, 0.4) is 0 Å². The van der Waals surface area contributed by atoms with Crippen LogP contribution in [0.2, 0.25) is 0 Å². The van der Waals surface area contributed by atoms with E-state index in [0.29, 0.717) is 0 Å². The Morgan fingerprint density at radius 2 is 1.49 bits per heavy atom. The molecule has 0 atom stereocenters. The maximum atomic E-state index is 12.8. The molecule has 0 spiro atoms. The van der Waals surface area contributed by atoms with E-state index in [1.54, 1.807) is 12.1 Å². The number of allylic oxidation sites excluding steroid dienone is 2. The quantitative estimate of drug-likeness (QED) is 0.329. The van der Waals surface area contributed by atoms with Gasteiger partial charge in [0.25, 0.3) is 0 Å². The number of phenolic OH excluding ortho intramolecular Hbond substituents is 3. The van der Waals surface area contributed by atoms with Gasteiger partial charge in [0.05, 0.1) is 0 Å². The van der Waals surface area contributed by atoms with Gasteiger partial charge in [-0.2, -0.15) is 0 Å². The molecule has 1 heterocycles. The molecule has 0 radical (unpaired) electrons. The van der Waals surface area contributed by atoms with Crippen LogP contribution in [-0.2, 0) is 0 Å². The van der Waals surface area contributed by atoms with Crippen LogP contribution < -0.4 is 10.2 Å². The zero-order valence-corrected chi connectivity index (χ0v) is 18.2. The summed E-state index contributed by atoms with van der Waals surface area (Å²) in [5.74, 6) is -4.65. The fourth-order valence-corrected chi connectivity index (χ4v) is 3.97. The van der Waals surface area contributed by atoms with Gasteiger partial charge < -0.3 is 29.6 Å². The number of carbonyl (C=O) groups is 2. The second-order valence-electron chi connectivity index (χ2n) is 7.58. The molecule has 4 aromatic rings. The number of benzene rings is 3. The van der Waals surface area contributed by atoms with Crippen molar-refractivity contribution in [3.63, 3.8) is 0 Å². The Morgan fingerprint density at radius 3 is 2.17 bits per heavy atom. The van der Waals surface area contributed by atoms with E-state index in [9.17, 15) is 34.8 Å². The number of ether oxygens (including phenoxy) is 1. The van der Waals surface area contributed by atoms with Crippen molar-refractivity contribution in [2.45, 2.75) is 0 Å². The van der Waals surface area contributed by atoms with E-state index < -0.39 is 45.0 Å². The van der Waals surface area contributed by atoms with Crippen molar-refractivity contribution in [3.8, 4) is 40.1 Å². The molecule has 4 N–H and O–H groups in total. The Hall–Kier alpha value is -4.76. The summed E-state index contributed by atoms with van der Waals surface area (Å²) in [5, 5.41) is 39.7. The summed E-state index contributed by atoms with van der Waals surface area (Å²) < 4.78 is 11.0. The van der Waals surface area contributed by atoms with Crippen molar-refractivity contribution in [2.75, 3.05) is 0 Å². The van der Waals surface area contributed by atoms with Gasteiger partial charge in [0.1, 0.15) is 27.5 Å². The highest BCUT2D eigenvalue weighted by atomic mass is 35.5. The minimum atomic E-state index is -0.958. The van der Waals surface area contributed by atoms with E-state index in [2.05, 4.69) is 0 Å². The molecule has 1 aliphatic rings. The normalized spacial score (nSPS) is 13.3. The lowest BCUT2D eigenvalue weighted by Gasteiger charge is -2.18. The molecule has 35 heavy (non-hydrogen) atoms. The van der Waals surface area contributed by atoms with Crippen molar-refractivity contribution >= 4 is 34.1 Å². The maximum Gasteiger partial charge on any atom is 0.238 e. The van der Waals surface area contributed by atoms with Crippen molar-refractivity contribution < 1.29 is 39.2 Å². The molecule has 1 aromatic heterocycles. The molecule has 0 aliphatic heterocycles. The van der Waals surface area contributed by atoms with Gasteiger partial charge in [0, 0.05) is 28.8 Å². The lowest BCUT2D eigenvalue weighted by atomic mass is 9.93. The number of hydrogen-bond donors (Lipinski definition) is 4. The molecular formula is C25H13ClO9. The molecule has 0 unspecified atom stereocenters. The van der Waals surface area contributed by atoms with E-state index in [-0.39, 0.29) is 44.9 Å². The highest BCUT2D eigenvalue weighted by Crippen LogP contribution is 2.39. The first kappa shape index (κ1) is 22.1. The highest BCUT2D eigenvalue weighted by molar-refractivity contribution is 6.49. The van der Waals surface area contributed by atoms with Crippen LogP contribution in [0.4, 0.5) is 0 Å². The third-order valence-electron chi connectivity index (χ3n) is 5.39. The monoisotopic (exact) mass is 492 g/mol. The van der Waals surface area contributed by atoms with Gasteiger partial charge in [0.2, 0.25) is 22.7 Å². The molecule has 5 rings (SSSR count). The predicted octanol–water partition coefficient (Wildman–Crippen LogP) is 4.19. The maximum absolute atomic E-state index is 12.8. The summed E-state index contributed by atoms with van der Waals surface area (Å²) in [7, 11) is 0. The summed E-state index contributed by atoms with van der Waals surface area (Å²) >= 11 is 6.08. The van der Waals surface area contributed by atoms with Crippen LogP contribution in [0.5, 0.6) is 28.7 Å². The number of aromatic hydroxyl groups is 4. The first-order chi connectivity index (χ1) is 16.7. The fraction of sp³-hybridized carbons (Fsp3) is 0. The van der Waals surface area contributed by atoms with Gasteiger partial charge in [-0.1, -0.05) is 35.9 Å². The SMILES string of the molecule is O=C1C(Cl)=C(Oc2ccc(-c3oc4cc(O)cc(O)c4c(=O)c3O)cc2O)C(=O)c2ccccc21. The summed E-state index contributed by atoms with van der Waals surface area (Å²) in [4.78, 5) is 37.9. The zero-order valence-electron chi connectivity index (χ0n) is 17.4. The smallest absolute Gasteiger partial charge is 0.238 e. The van der Waals surface area contributed by atoms with Crippen LogP contribution >= 0.6 is 11.6 Å². The Kier molecular flexibility index (Phi) is 4.99. The molecule has 3 aromatic carbocycles. The topological polar surface area (TPSA) is 154 Å². The molecule has 10 heteroatoms. The number of carbonyl (C=O) groups excluding carboxylic acids is 2. The first-order valence-electron chi connectivity index (χ1n) is 9.98. The Bertz CT molecular complexity index is 1680. The van der Waals surface area contributed by atoms with Crippen LogP contribution in [0.15, 0.2) is 74.6 Å². The van der Waals surface area contributed by atoms with Crippen LogP contribution in [0.25, 0.3) is 22.3 Å². The predicted molar refractivity (Wildman–Crippen MR) is 123 cm³/mol. The number of halogens is 1. The summed E-state index contributed by atoms with van der Waals surface area (Å²) in [6, 6.07) is 11.7. The van der Waals surface area contributed by atoms with Gasteiger partial charge in [-0.3, -0.25) is 14.4 Å². The minimum Gasteiger partial charge on any atom is -0.508 e. The summed E-state index contributed by atoms with van der Waals surface area (Å²) in [6.45, 7) is 0. The molecule has 9 nitrogen and oxygen atoms in total. The zero-order chi connectivity index (χ0) is 25.0. The Labute approximate surface area is 200 Å². The summed E-state index contributed by atoms with van der Waals surface area (Å²) in [6.07, 6.45) is 0. The molecule has 0 fully saturated rings. The van der Waals surface area contributed by atoms with Crippen molar-refractivity contribution in [3.05, 3.63) is 86.7 Å². The lowest BCUT2D eigenvalue weighted by molar-refractivity contribution is 0.0942. The van der Waals surface area contributed by atoms with Crippen LogP contribution in [-0.4, -0.2) is 32.0 Å². The molecule has 0 amide bonds. The number of hydrogen-bond acceptors (Lipinski definition) is 9. The standard InChI is InChI=1S/C25H13ClO9/c26-19-20(30)12-3-1-2-4-13(12)21(31)25(19)34-16-6-5-10(7-14(16)28)24-23(33)22(32)18-15(29)8-11(27)9-17(18)35-24/h1-9,27-29,33H. The van der Waals surface area contributed by atoms with E-state index >= 15 is 0 Å². The second-order valence-corrected chi connectivity index (χ2v) is 7.96. The molecule has 174 valence electrons. The van der Waals surface area contributed by atoms with Gasteiger partial charge >= 0.3 is 0 Å². The number of fused-ring (bicyclic) bond motifs is 2. The average molecular weight is 493 g/mol.